The van der Waals surface area contributed by atoms with Gasteiger partial charge in [0.2, 0.25) is 6.67 Å². The maximum absolute atomic E-state index is 3.87. The molecule has 3 heteroatoms. The van der Waals surface area contributed by atoms with Crippen LogP contribution in [0.5, 0.6) is 0 Å². The van der Waals surface area contributed by atoms with Gasteiger partial charge in [0.05, 0.1) is 10.6 Å². The minimum atomic E-state index is -0.421. The Morgan fingerprint density at radius 3 is 1.33 bits per heavy atom. The Balaban J connectivity index is 1.66. The SMILES string of the molecule is Cc1cc(C)c(N2[C]N(c3c(C)cc(C)cc3C)C(PC(c3ccccc3)(c3ccccc3)c3c(C)cc(C)cc3C)=C2)c(C)c1. The lowest BCUT2D eigenvalue weighted by atomic mass is 9.79. The zero-order valence-electron chi connectivity index (χ0n) is 28.7. The Morgan fingerprint density at radius 1 is 0.500 bits per heavy atom. The highest BCUT2D eigenvalue weighted by atomic mass is 31.1. The van der Waals surface area contributed by atoms with Crippen LogP contribution in [0.25, 0.3) is 0 Å². The zero-order valence-corrected chi connectivity index (χ0v) is 29.7. The van der Waals surface area contributed by atoms with Gasteiger partial charge in [-0.15, -0.1) is 0 Å². The number of hydrogen-bond acceptors (Lipinski definition) is 2. The largest absolute Gasteiger partial charge is 0.314 e. The van der Waals surface area contributed by atoms with E-state index in [9.17, 15) is 0 Å². The molecule has 232 valence electrons. The monoisotopic (exact) mass is 620 g/mol. The number of hydrogen-bond donors (Lipinski definition) is 0. The van der Waals surface area contributed by atoms with Gasteiger partial charge in [0, 0.05) is 17.6 Å². The molecule has 0 bridgehead atoms. The van der Waals surface area contributed by atoms with Gasteiger partial charge in [-0.3, -0.25) is 0 Å². The van der Waals surface area contributed by atoms with Crippen LogP contribution in [0.2, 0.25) is 0 Å². The van der Waals surface area contributed by atoms with Crippen LogP contribution >= 0.6 is 8.58 Å². The second-order valence-corrected chi connectivity index (χ2v) is 14.7. The van der Waals surface area contributed by atoms with Crippen molar-refractivity contribution >= 4 is 20.0 Å². The summed E-state index contributed by atoms with van der Waals surface area (Å²) in [5.41, 5.74) is 19.1. The standard InChI is InChI=1S/C43H45N2P/c1-28-20-31(4)40(32(5)21-28)43(37-16-12-10-13-17-37,38-18-14-11-15-19-38)46-39-26-44(41-33(6)22-29(2)23-34(41)7)27-45(39)42-35(8)24-30(3)25-36(42)9/h10-26,46H,1-9H3. The summed E-state index contributed by atoms with van der Waals surface area (Å²) >= 11 is 0. The molecule has 0 saturated carbocycles. The molecule has 1 aliphatic heterocycles. The van der Waals surface area contributed by atoms with Gasteiger partial charge in [0.15, 0.2) is 0 Å². The Labute approximate surface area is 278 Å². The maximum atomic E-state index is 3.87. The van der Waals surface area contributed by atoms with E-state index in [2.05, 4.69) is 182 Å². The zero-order chi connectivity index (χ0) is 32.7. The molecule has 1 atom stereocenters. The van der Waals surface area contributed by atoms with E-state index in [4.69, 9.17) is 0 Å². The van der Waals surface area contributed by atoms with Crippen molar-refractivity contribution < 1.29 is 0 Å². The molecule has 6 rings (SSSR count). The maximum Gasteiger partial charge on any atom is 0.218 e. The van der Waals surface area contributed by atoms with Crippen molar-refractivity contribution in [2.24, 2.45) is 0 Å². The summed E-state index contributed by atoms with van der Waals surface area (Å²) in [6, 6.07) is 36.2. The van der Waals surface area contributed by atoms with Crippen molar-refractivity contribution in [2.45, 2.75) is 67.5 Å². The lowest BCUT2D eigenvalue weighted by Gasteiger charge is -2.40. The van der Waals surface area contributed by atoms with Crippen molar-refractivity contribution in [3.8, 4) is 0 Å². The van der Waals surface area contributed by atoms with Gasteiger partial charge in [-0.1, -0.05) is 122 Å². The van der Waals surface area contributed by atoms with E-state index < -0.39 is 5.16 Å². The first-order valence-electron chi connectivity index (χ1n) is 16.2. The number of rotatable bonds is 7. The predicted octanol–water partition coefficient (Wildman–Crippen LogP) is 11.3. The van der Waals surface area contributed by atoms with Crippen molar-refractivity contribution in [2.75, 3.05) is 9.80 Å². The summed E-state index contributed by atoms with van der Waals surface area (Å²) in [5, 5.41) is -0.421. The first-order valence-corrected chi connectivity index (χ1v) is 17.2. The molecule has 0 fully saturated rings. The van der Waals surface area contributed by atoms with Crippen LogP contribution in [0.3, 0.4) is 0 Å². The van der Waals surface area contributed by atoms with E-state index in [-0.39, 0.29) is 0 Å². The second kappa shape index (κ2) is 12.6. The van der Waals surface area contributed by atoms with Gasteiger partial charge in [-0.2, -0.15) is 0 Å². The van der Waals surface area contributed by atoms with Crippen LogP contribution in [0.1, 0.15) is 66.8 Å². The minimum absolute atomic E-state index is 0.370. The summed E-state index contributed by atoms with van der Waals surface area (Å²) in [4.78, 5) is 4.61. The molecule has 1 aliphatic rings. The smallest absolute Gasteiger partial charge is 0.218 e. The molecule has 1 heterocycles. The molecular weight excluding hydrogens is 575 g/mol. The fourth-order valence-electron chi connectivity index (χ4n) is 7.82. The Kier molecular flexibility index (Phi) is 8.70. The molecule has 5 aromatic rings. The molecule has 2 nitrogen and oxygen atoms in total. The Hall–Kier alpha value is -4.13. The van der Waals surface area contributed by atoms with Crippen LogP contribution in [-0.2, 0) is 5.16 Å². The molecule has 0 N–H and O–H groups in total. The van der Waals surface area contributed by atoms with Gasteiger partial charge < -0.3 is 9.80 Å². The van der Waals surface area contributed by atoms with Gasteiger partial charge in [-0.05, 0) is 112 Å². The van der Waals surface area contributed by atoms with Crippen LogP contribution < -0.4 is 9.80 Å². The fraction of sp³-hybridized carbons (Fsp3) is 0.233. The third kappa shape index (κ3) is 5.69. The fourth-order valence-corrected chi connectivity index (χ4v) is 9.82. The van der Waals surface area contributed by atoms with Gasteiger partial charge in [-0.25, -0.2) is 0 Å². The molecule has 0 amide bonds. The van der Waals surface area contributed by atoms with Gasteiger partial charge in [0.25, 0.3) is 0 Å². The number of aryl methyl sites for hydroxylation is 9. The summed E-state index contributed by atoms with van der Waals surface area (Å²) in [6.07, 6.45) is 2.35. The van der Waals surface area contributed by atoms with E-state index >= 15 is 0 Å². The molecule has 0 aromatic heterocycles. The highest BCUT2D eigenvalue weighted by Gasteiger charge is 2.43. The van der Waals surface area contributed by atoms with Crippen LogP contribution in [0.4, 0.5) is 11.4 Å². The van der Waals surface area contributed by atoms with E-state index in [1.54, 1.807) is 0 Å². The molecule has 0 spiro atoms. The number of benzene rings is 5. The third-order valence-corrected chi connectivity index (χ3v) is 11.0. The van der Waals surface area contributed by atoms with Gasteiger partial charge in [0.1, 0.15) is 0 Å². The first kappa shape index (κ1) is 31.8. The molecular formula is C43H45N2P. The van der Waals surface area contributed by atoms with E-state index in [0.717, 1.165) is 0 Å². The highest BCUT2D eigenvalue weighted by Crippen LogP contribution is 2.60. The van der Waals surface area contributed by atoms with Crippen molar-refractivity contribution in [3.05, 3.63) is 182 Å². The molecule has 2 radical (unpaired) electrons. The summed E-state index contributed by atoms with van der Waals surface area (Å²) in [7, 11) is 0.370. The molecule has 0 saturated heterocycles. The van der Waals surface area contributed by atoms with Crippen molar-refractivity contribution in [1.29, 1.82) is 0 Å². The highest BCUT2D eigenvalue weighted by molar-refractivity contribution is 7.45. The lowest BCUT2D eigenvalue weighted by Crippen LogP contribution is -2.29. The molecule has 1 unspecified atom stereocenters. The summed E-state index contributed by atoms with van der Waals surface area (Å²) < 4.78 is 0. The van der Waals surface area contributed by atoms with E-state index in [1.165, 1.54) is 83.6 Å². The second-order valence-electron chi connectivity index (χ2n) is 13.2. The van der Waals surface area contributed by atoms with Crippen LogP contribution in [-0.4, -0.2) is 0 Å². The van der Waals surface area contributed by atoms with Gasteiger partial charge >= 0.3 is 0 Å². The number of nitrogens with zero attached hydrogens (tertiary/aromatic N) is 2. The Morgan fingerprint density at radius 2 is 0.891 bits per heavy atom. The number of anilines is 2. The summed E-state index contributed by atoms with van der Waals surface area (Å²) in [5.74, 6) is 0. The summed E-state index contributed by atoms with van der Waals surface area (Å²) in [6.45, 7) is 23.9. The van der Waals surface area contributed by atoms with Crippen molar-refractivity contribution in [3.63, 3.8) is 0 Å². The predicted molar refractivity (Wildman–Crippen MR) is 199 cm³/mol. The third-order valence-electron chi connectivity index (χ3n) is 9.22. The minimum Gasteiger partial charge on any atom is -0.314 e. The van der Waals surface area contributed by atoms with Crippen LogP contribution in [0, 0.1) is 69.0 Å². The molecule has 0 aliphatic carbocycles. The Bertz CT molecular complexity index is 1830. The van der Waals surface area contributed by atoms with Crippen molar-refractivity contribution in [1.82, 2.24) is 0 Å². The lowest BCUT2D eigenvalue weighted by molar-refractivity contribution is 0.863. The molecule has 46 heavy (non-hydrogen) atoms. The quantitative estimate of drug-likeness (QED) is 0.132. The topological polar surface area (TPSA) is 6.48 Å². The van der Waals surface area contributed by atoms with E-state index in [1.807, 2.05) is 0 Å². The molecule has 5 aromatic carbocycles. The van der Waals surface area contributed by atoms with E-state index in [0.29, 0.717) is 8.58 Å². The average Bonchev–Trinajstić information content (AvgIpc) is 3.38. The average molecular weight is 621 g/mol. The normalized spacial score (nSPS) is 13.6. The van der Waals surface area contributed by atoms with Crippen LogP contribution in [0.15, 0.2) is 109 Å². The first-order chi connectivity index (χ1) is 22.0.